The standard InChI is InChI=1S/C35H38N4O4S/c1-35(2,20-21-39-24-32(36-26-39)28-14-8-4-9-15-28)37-23-33(40)29-18-19-34(43-25-27-12-6-3-7-13-27)31(22-29)38-44(41,42)30-16-10-5-11-17-30/h3-19,22,24,26,33,37-38,40H,20-21,23,25H2,1-2H3. The fraction of sp³-hybridized carbons (Fsp3) is 0.229. The maximum Gasteiger partial charge on any atom is 0.262 e. The van der Waals surface area contributed by atoms with Gasteiger partial charge in [-0.05, 0) is 55.7 Å². The van der Waals surface area contributed by atoms with Crippen molar-refractivity contribution in [2.45, 2.75) is 50.0 Å². The average molecular weight is 611 g/mol. The normalized spacial score (nSPS) is 12.5. The number of β-amino-alcohol motifs (C(OH)–C–C–N with tert-alkyl or cyclic N) is 1. The molecule has 9 heteroatoms. The first-order valence-corrected chi connectivity index (χ1v) is 16.1. The number of rotatable bonds is 14. The third kappa shape index (κ3) is 8.35. The summed E-state index contributed by atoms with van der Waals surface area (Å²) >= 11 is 0. The number of nitrogens with one attached hydrogen (secondary N) is 2. The summed E-state index contributed by atoms with van der Waals surface area (Å²) in [5.41, 5.74) is 3.50. The molecule has 0 bridgehead atoms. The van der Waals surface area contributed by atoms with Crippen molar-refractivity contribution in [3.05, 3.63) is 133 Å². The van der Waals surface area contributed by atoms with Crippen molar-refractivity contribution in [2.75, 3.05) is 11.3 Å². The number of sulfonamides is 1. The summed E-state index contributed by atoms with van der Waals surface area (Å²) < 4.78 is 37.1. The summed E-state index contributed by atoms with van der Waals surface area (Å²) in [6, 6.07) is 33.0. The van der Waals surface area contributed by atoms with E-state index in [0.717, 1.165) is 29.8 Å². The molecule has 0 amide bonds. The van der Waals surface area contributed by atoms with Crippen LogP contribution in [0.2, 0.25) is 0 Å². The predicted molar refractivity (Wildman–Crippen MR) is 174 cm³/mol. The van der Waals surface area contributed by atoms with Crippen LogP contribution in [0.5, 0.6) is 5.75 Å². The Labute approximate surface area is 259 Å². The number of imidazole rings is 1. The summed E-state index contributed by atoms with van der Waals surface area (Å²) in [6.07, 6.45) is 3.81. The predicted octanol–water partition coefficient (Wildman–Crippen LogP) is 6.42. The lowest BCUT2D eigenvalue weighted by molar-refractivity contribution is 0.158. The number of aryl methyl sites for hydroxylation is 1. The van der Waals surface area contributed by atoms with Gasteiger partial charge >= 0.3 is 0 Å². The number of anilines is 1. The lowest BCUT2D eigenvalue weighted by Crippen LogP contribution is -2.42. The van der Waals surface area contributed by atoms with Gasteiger partial charge in [0.2, 0.25) is 0 Å². The highest BCUT2D eigenvalue weighted by Crippen LogP contribution is 2.31. The molecule has 0 spiro atoms. The van der Waals surface area contributed by atoms with Gasteiger partial charge in [-0.2, -0.15) is 0 Å². The summed E-state index contributed by atoms with van der Waals surface area (Å²) in [5, 5.41) is 14.6. The van der Waals surface area contributed by atoms with E-state index in [1.54, 1.807) is 36.4 Å². The highest BCUT2D eigenvalue weighted by molar-refractivity contribution is 7.92. The Hall–Kier alpha value is -4.44. The maximum atomic E-state index is 13.2. The number of aliphatic hydroxyl groups excluding tert-OH is 1. The zero-order valence-electron chi connectivity index (χ0n) is 24.9. The minimum absolute atomic E-state index is 0.136. The zero-order valence-corrected chi connectivity index (χ0v) is 25.7. The van der Waals surface area contributed by atoms with Gasteiger partial charge in [0, 0.05) is 30.4 Å². The molecule has 0 aliphatic carbocycles. The molecule has 228 valence electrons. The van der Waals surface area contributed by atoms with E-state index >= 15 is 0 Å². The number of ether oxygens (including phenoxy) is 1. The topological polar surface area (TPSA) is 105 Å². The Morgan fingerprint density at radius 1 is 0.909 bits per heavy atom. The molecule has 1 atom stereocenters. The van der Waals surface area contributed by atoms with E-state index < -0.39 is 16.1 Å². The minimum atomic E-state index is -3.88. The van der Waals surface area contributed by atoms with Gasteiger partial charge in [0.15, 0.2) is 0 Å². The monoisotopic (exact) mass is 610 g/mol. The highest BCUT2D eigenvalue weighted by Gasteiger charge is 2.22. The van der Waals surface area contributed by atoms with E-state index in [1.807, 2.05) is 73.2 Å². The second-order valence-electron chi connectivity index (χ2n) is 11.3. The second kappa shape index (κ2) is 13.9. The molecule has 3 N–H and O–H groups in total. The van der Waals surface area contributed by atoms with E-state index in [9.17, 15) is 13.5 Å². The van der Waals surface area contributed by atoms with Crippen LogP contribution in [-0.4, -0.2) is 35.2 Å². The molecule has 4 aromatic carbocycles. The molecule has 1 heterocycles. The SMILES string of the molecule is CC(C)(CCn1cnc(-c2ccccc2)c1)NCC(O)c1ccc(OCc2ccccc2)c(NS(=O)(=O)c2ccccc2)c1. The van der Waals surface area contributed by atoms with Gasteiger partial charge in [-0.15, -0.1) is 0 Å². The Morgan fingerprint density at radius 3 is 2.27 bits per heavy atom. The molecule has 0 radical (unpaired) electrons. The van der Waals surface area contributed by atoms with Crippen molar-refractivity contribution in [3.63, 3.8) is 0 Å². The Kier molecular flexibility index (Phi) is 9.79. The van der Waals surface area contributed by atoms with Crippen LogP contribution in [0.4, 0.5) is 5.69 Å². The molecule has 8 nitrogen and oxygen atoms in total. The van der Waals surface area contributed by atoms with Crippen molar-refractivity contribution in [3.8, 4) is 17.0 Å². The van der Waals surface area contributed by atoms with Crippen LogP contribution in [0.1, 0.15) is 37.5 Å². The molecule has 5 rings (SSSR count). The van der Waals surface area contributed by atoms with E-state index in [2.05, 4.69) is 33.4 Å². The Bertz CT molecular complexity index is 1740. The summed E-state index contributed by atoms with van der Waals surface area (Å²) in [7, 11) is -3.88. The Morgan fingerprint density at radius 2 is 1.57 bits per heavy atom. The molecular formula is C35H38N4O4S. The van der Waals surface area contributed by atoms with Gasteiger partial charge in [0.05, 0.1) is 28.7 Å². The van der Waals surface area contributed by atoms with Crippen molar-refractivity contribution < 1.29 is 18.3 Å². The number of aromatic nitrogens is 2. The number of aliphatic hydroxyl groups is 1. The summed E-state index contributed by atoms with van der Waals surface area (Å²) in [5.74, 6) is 0.368. The molecule has 0 fully saturated rings. The van der Waals surface area contributed by atoms with Crippen LogP contribution in [0.15, 0.2) is 127 Å². The summed E-state index contributed by atoms with van der Waals surface area (Å²) in [6.45, 7) is 5.49. The third-order valence-electron chi connectivity index (χ3n) is 7.40. The first-order valence-electron chi connectivity index (χ1n) is 14.6. The molecular weight excluding hydrogens is 572 g/mol. The molecule has 44 heavy (non-hydrogen) atoms. The molecule has 0 saturated heterocycles. The van der Waals surface area contributed by atoms with Crippen LogP contribution in [0.25, 0.3) is 11.3 Å². The molecule has 0 aliphatic heterocycles. The molecule has 1 aromatic heterocycles. The second-order valence-corrected chi connectivity index (χ2v) is 13.0. The smallest absolute Gasteiger partial charge is 0.262 e. The van der Waals surface area contributed by atoms with Gasteiger partial charge < -0.3 is 19.7 Å². The third-order valence-corrected chi connectivity index (χ3v) is 8.78. The van der Waals surface area contributed by atoms with E-state index in [4.69, 9.17) is 4.74 Å². The summed E-state index contributed by atoms with van der Waals surface area (Å²) in [4.78, 5) is 4.67. The highest BCUT2D eigenvalue weighted by atomic mass is 32.2. The number of hydrogen-bond acceptors (Lipinski definition) is 6. The number of benzene rings is 4. The maximum absolute atomic E-state index is 13.2. The minimum Gasteiger partial charge on any atom is -0.487 e. The Balaban J connectivity index is 1.25. The van der Waals surface area contributed by atoms with Crippen molar-refractivity contribution >= 4 is 15.7 Å². The van der Waals surface area contributed by atoms with Crippen LogP contribution >= 0.6 is 0 Å². The van der Waals surface area contributed by atoms with Crippen molar-refractivity contribution in [1.29, 1.82) is 0 Å². The molecule has 0 saturated carbocycles. The van der Waals surface area contributed by atoms with Crippen molar-refractivity contribution in [1.82, 2.24) is 14.9 Å². The van der Waals surface area contributed by atoms with E-state index in [1.165, 1.54) is 12.1 Å². The van der Waals surface area contributed by atoms with Crippen molar-refractivity contribution in [2.24, 2.45) is 0 Å². The molecule has 0 aliphatic rings. The average Bonchev–Trinajstić information content (AvgIpc) is 3.53. The number of nitrogens with zero attached hydrogens (tertiary/aromatic N) is 2. The molecule has 1 unspecified atom stereocenters. The van der Waals surface area contributed by atoms with Gasteiger partial charge in [-0.3, -0.25) is 4.72 Å². The fourth-order valence-corrected chi connectivity index (χ4v) is 5.81. The largest absolute Gasteiger partial charge is 0.487 e. The van der Waals surface area contributed by atoms with Crippen LogP contribution in [-0.2, 0) is 23.2 Å². The lowest BCUT2D eigenvalue weighted by atomic mass is 9.99. The lowest BCUT2D eigenvalue weighted by Gasteiger charge is -2.28. The fourth-order valence-electron chi connectivity index (χ4n) is 4.73. The van der Waals surface area contributed by atoms with Crippen LogP contribution < -0.4 is 14.8 Å². The quantitative estimate of drug-likeness (QED) is 0.134. The van der Waals surface area contributed by atoms with Crippen LogP contribution in [0, 0.1) is 0 Å². The van der Waals surface area contributed by atoms with E-state index in [0.29, 0.717) is 11.3 Å². The first-order chi connectivity index (χ1) is 21.2. The van der Waals surface area contributed by atoms with Crippen LogP contribution in [0.3, 0.4) is 0 Å². The zero-order chi connectivity index (χ0) is 31.0. The first kappa shape index (κ1) is 31.0. The van der Waals surface area contributed by atoms with E-state index in [-0.39, 0.29) is 29.3 Å². The van der Waals surface area contributed by atoms with Gasteiger partial charge in [-0.1, -0.05) is 84.9 Å². The number of hydrogen-bond donors (Lipinski definition) is 3. The van der Waals surface area contributed by atoms with Gasteiger partial charge in [0.25, 0.3) is 10.0 Å². The van der Waals surface area contributed by atoms with Gasteiger partial charge in [-0.25, -0.2) is 13.4 Å². The van der Waals surface area contributed by atoms with Gasteiger partial charge in [0.1, 0.15) is 12.4 Å². The molecule has 5 aromatic rings.